The molecule has 1 aliphatic heterocycles. The highest BCUT2D eigenvalue weighted by molar-refractivity contribution is 6.15. The molecule has 0 radical (unpaired) electrons. The minimum absolute atomic E-state index is 0.0285. The average molecular weight is 363 g/mol. The highest BCUT2D eigenvalue weighted by Crippen LogP contribution is 2.27. The molecular formula is C22H25N3O2. The van der Waals surface area contributed by atoms with Crippen LogP contribution in [0, 0.1) is 0 Å². The van der Waals surface area contributed by atoms with E-state index >= 15 is 0 Å². The normalized spacial score (nSPS) is 17.7. The van der Waals surface area contributed by atoms with E-state index in [1.807, 2.05) is 36.4 Å². The molecule has 1 aliphatic rings. The van der Waals surface area contributed by atoms with Gasteiger partial charge in [0.15, 0.2) is 0 Å². The molecule has 5 heteroatoms. The molecule has 4 rings (SSSR count). The minimum atomic E-state index is -0.0722. The summed E-state index contributed by atoms with van der Waals surface area (Å²) >= 11 is 0. The monoisotopic (exact) mass is 363 g/mol. The summed E-state index contributed by atoms with van der Waals surface area (Å²) in [6.45, 7) is 7.54. The van der Waals surface area contributed by atoms with E-state index in [2.05, 4.69) is 35.1 Å². The lowest BCUT2D eigenvalue weighted by molar-refractivity contribution is 0.0137. The van der Waals surface area contributed by atoms with Crippen LogP contribution in [0.15, 0.2) is 48.7 Å². The molecule has 2 atom stereocenters. The third-order valence-corrected chi connectivity index (χ3v) is 5.56. The fourth-order valence-electron chi connectivity index (χ4n) is 3.81. The van der Waals surface area contributed by atoms with E-state index in [-0.39, 0.29) is 18.0 Å². The van der Waals surface area contributed by atoms with Gasteiger partial charge in [-0.05, 0) is 36.8 Å². The molecule has 5 nitrogen and oxygen atoms in total. The van der Waals surface area contributed by atoms with Crippen LogP contribution in [-0.2, 0) is 4.74 Å². The molecular weight excluding hydrogens is 338 g/mol. The maximum atomic E-state index is 13.1. The summed E-state index contributed by atoms with van der Waals surface area (Å²) in [6, 6.07) is 14.3. The lowest BCUT2D eigenvalue weighted by atomic mass is 10.00. The number of rotatable bonds is 4. The lowest BCUT2D eigenvalue weighted by Gasteiger charge is -2.35. The van der Waals surface area contributed by atoms with Gasteiger partial charge in [0.1, 0.15) is 0 Å². The van der Waals surface area contributed by atoms with Crippen LogP contribution in [0.3, 0.4) is 0 Å². The van der Waals surface area contributed by atoms with Crippen molar-refractivity contribution in [3.8, 4) is 0 Å². The average Bonchev–Trinajstić information content (AvgIpc) is 2.73. The standard InChI is InChI=1S/C22H25N3O2/c1-15(16(2)25-10-12-27-13-11-25)24-22(26)20-14-17-6-3-4-7-18(17)19-8-5-9-23-21(19)20/h3-9,14-16H,10-13H2,1-2H3,(H,24,26)/t15-,16+/m1/s1. The topological polar surface area (TPSA) is 54.5 Å². The Labute approximate surface area is 159 Å². The Morgan fingerprint density at radius 2 is 1.85 bits per heavy atom. The number of fused-ring (bicyclic) bond motifs is 3. The maximum absolute atomic E-state index is 13.1. The smallest absolute Gasteiger partial charge is 0.253 e. The summed E-state index contributed by atoms with van der Waals surface area (Å²) in [5.74, 6) is -0.0722. The van der Waals surface area contributed by atoms with E-state index in [9.17, 15) is 4.79 Å². The number of carbonyl (C=O) groups is 1. The zero-order valence-electron chi connectivity index (χ0n) is 15.8. The summed E-state index contributed by atoms with van der Waals surface area (Å²) in [4.78, 5) is 20.0. The molecule has 140 valence electrons. The molecule has 2 aromatic carbocycles. The Bertz CT molecular complexity index is 966. The Kier molecular flexibility index (Phi) is 5.05. The van der Waals surface area contributed by atoms with Crippen molar-refractivity contribution in [2.24, 2.45) is 0 Å². The highest BCUT2D eigenvalue weighted by Gasteiger charge is 2.24. The minimum Gasteiger partial charge on any atom is -0.379 e. The molecule has 1 fully saturated rings. The number of nitrogens with one attached hydrogen (secondary N) is 1. The van der Waals surface area contributed by atoms with Crippen LogP contribution < -0.4 is 5.32 Å². The summed E-state index contributed by atoms with van der Waals surface area (Å²) in [5, 5.41) is 6.37. The second kappa shape index (κ2) is 7.62. The Balaban J connectivity index is 1.63. The Morgan fingerprint density at radius 3 is 2.67 bits per heavy atom. The number of aromatic nitrogens is 1. The Hall–Kier alpha value is -2.50. The number of benzene rings is 2. The summed E-state index contributed by atoms with van der Waals surface area (Å²) in [5.41, 5.74) is 1.38. The number of pyridine rings is 1. The molecule has 0 unspecified atom stereocenters. The largest absolute Gasteiger partial charge is 0.379 e. The van der Waals surface area contributed by atoms with Gasteiger partial charge in [0.2, 0.25) is 0 Å². The van der Waals surface area contributed by atoms with Gasteiger partial charge in [-0.15, -0.1) is 0 Å². The van der Waals surface area contributed by atoms with Gasteiger partial charge >= 0.3 is 0 Å². The van der Waals surface area contributed by atoms with E-state index in [4.69, 9.17) is 4.74 Å². The van der Waals surface area contributed by atoms with Crippen molar-refractivity contribution < 1.29 is 9.53 Å². The molecule has 1 aromatic heterocycles. The van der Waals surface area contributed by atoms with Crippen molar-refractivity contribution in [2.45, 2.75) is 25.9 Å². The first-order chi connectivity index (χ1) is 13.1. The molecule has 0 saturated carbocycles. The predicted octanol–water partition coefficient (Wildman–Crippen LogP) is 3.23. The molecule has 0 aliphatic carbocycles. The van der Waals surface area contributed by atoms with E-state index in [1.54, 1.807) is 6.20 Å². The lowest BCUT2D eigenvalue weighted by Crippen LogP contribution is -2.52. The molecule has 27 heavy (non-hydrogen) atoms. The fraction of sp³-hybridized carbons (Fsp3) is 0.364. The van der Waals surface area contributed by atoms with E-state index in [0.29, 0.717) is 5.56 Å². The van der Waals surface area contributed by atoms with Crippen molar-refractivity contribution >= 4 is 27.6 Å². The van der Waals surface area contributed by atoms with Gasteiger partial charge in [0, 0.05) is 36.8 Å². The zero-order valence-corrected chi connectivity index (χ0v) is 15.8. The van der Waals surface area contributed by atoms with Crippen molar-refractivity contribution in [3.05, 3.63) is 54.2 Å². The molecule has 1 amide bonds. The van der Waals surface area contributed by atoms with Crippen LogP contribution in [0.4, 0.5) is 0 Å². The first kappa shape index (κ1) is 17.9. The van der Waals surface area contributed by atoms with Crippen molar-refractivity contribution in [1.29, 1.82) is 0 Å². The molecule has 1 saturated heterocycles. The molecule has 0 spiro atoms. The van der Waals surface area contributed by atoms with Crippen LogP contribution in [0.2, 0.25) is 0 Å². The van der Waals surface area contributed by atoms with Gasteiger partial charge < -0.3 is 10.1 Å². The number of morpholine rings is 1. The first-order valence-corrected chi connectivity index (χ1v) is 9.54. The summed E-state index contributed by atoms with van der Waals surface area (Å²) in [7, 11) is 0. The molecule has 3 aromatic rings. The van der Waals surface area contributed by atoms with Gasteiger partial charge in [-0.25, -0.2) is 0 Å². The van der Waals surface area contributed by atoms with Crippen LogP contribution in [-0.4, -0.2) is 54.2 Å². The molecule has 1 N–H and O–H groups in total. The van der Waals surface area contributed by atoms with Crippen molar-refractivity contribution in [1.82, 2.24) is 15.2 Å². The van der Waals surface area contributed by atoms with Gasteiger partial charge in [0.05, 0.1) is 24.3 Å². The van der Waals surface area contributed by atoms with Crippen LogP contribution >= 0.6 is 0 Å². The third-order valence-electron chi connectivity index (χ3n) is 5.56. The fourth-order valence-corrected chi connectivity index (χ4v) is 3.81. The third kappa shape index (κ3) is 3.53. The van der Waals surface area contributed by atoms with Crippen LogP contribution in [0.25, 0.3) is 21.7 Å². The number of carbonyl (C=O) groups excluding carboxylic acids is 1. The number of ether oxygens (including phenoxy) is 1. The summed E-state index contributed by atoms with van der Waals surface area (Å²) < 4.78 is 5.43. The van der Waals surface area contributed by atoms with E-state index in [0.717, 1.165) is 48.0 Å². The first-order valence-electron chi connectivity index (χ1n) is 9.54. The molecule has 2 heterocycles. The second-order valence-electron chi connectivity index (χ2n) is 7.20. The van der Waals surface area contributed by atoms with Gasteiger partial charge in [-0.2, -0.15) is 0 Å². The predicted molar refractivity (Wildman–Crippen MR) is 108 cm³/mol. The number of hydrogen-bond acceptors (Lipinski definition) is 4. The number of amides is 1. The zero-order chi connectivity index (χ0) is 18.8. The molecule has 0 bridgehead atoms. The Morgan fingerprint density at radius 1 is 1.11 bits per heavy atom. The van der Waals surface area contributed by atoms with Crippen LogP contribution in [0.5, 0.6) is 0 Å². The maximum Gasteiger partial charge on any atom is 0.253 e. The van der Waals surface area contributed by atoms with E-state index < -0.39 is 0 Å². The quantitative estimate of drug-likeness (QED) is 0.723. The SMILES string of the molecule is C[C@@H](NC(=O)c1cc2ccccc2c2cccnc12)[C@H](C)N1CCOCC1. The number of nitrogens with zero attached hydrogens (tertiary/aromatic N) is 2. The second-order valence-corrected chi connectivity index (χ2v) is 7.20. The summed E-state index contributed by atoms with van der Waals surface area (Å²) in [6.07, 6.45) is 1.74. The van der Waals surface area contributed by atoms with E-state index in [1.165, 1.54) is 0 Å². The highest BCUT2D eigenvalue weighted by atomic mass is 16.5. The van der Waals surface area contributed by atoms with Gasteiger partial charge in [-0.3, -0.25) is 14.7 Å². The van der Waals surface area contributed by atoms with Gasteiger partial charge in [-0.1, -0.05) is 30.3 Å². The number of hydrogen-bond donors (Lipinski definition) is 1. The van der Waals surface area contributed by atoms with Gasteiger partial charge in [0.25, 0.3) is 5.91 Å². The van der Waals surface area contributed by atoms with Crippen molar-refractivity contribution in [3.63, 3.8) is 0 Å². The van der Waals surface area contributed by atoms with Crippen molar-refractivity contribution in [2.75, 3.05) is 26.3 Å². The van der Waals surface area contributed by atoms with Crippen LogP contribution in [0.1, 0.15) is 24.2 Å².